The van der Waals surface area contributed by atoms with Crippen molar-refractivity contribution in [1.29, 1.82) is 0 Å². The van der Waals surface area contributed by atoms with E-state index < -0.39 is 0 Å². The third-order valence-corrected chi connectivity index (χ3v) is 8.72. The predicted molar refractivity (Wildman–Crippen MR) is 143 cm³/mol. The summed E-state index contributed by atoms with van der Waals surface area (Å²) in [5.41, 5.74) is 12.7. The maximum Gasteiger partial charge on any atom is 0.254 e. The summed E-state index contributed by atoms with van der Waals surface area (Å²) in [5, 5.41) is 1.13. The molecule has 4 aromatic heterocycles. The van der Waals surface area contributed by atoms with Crippen molar-refractivity contribution in [2.45, 2.75) is 70.5 Å². The summed E-state index contributed by atoms with van der Waals surface area (Å²) in [5.74, 6) is 1.32. The minimum atomic E-state index is -0.230. The number of carbonyl (C=O) groups excluding carboxylic acids is 1. The maximum absolute atomic E-state index is 13.6. The zero-order valence-corrected chi connectivity index (χ0v) is 21.8. The van der Waals surface area contributed by atoms with Crippen LogP contribution in [0, 0.1) is 12.8 Å². The molecule has 1 saturated heterocycles. The average Bonchev–Trinajstić information content (AvgIpc) is 3.23. The highest BCUT2D eigenvalue weighted by Crippen LogP contribution is 2.41. The van der Waals surface area contributed by atoms with Gasteiger partial charge in [-0.3, -0.25) is 9.20 Å². The molecular formula is C29H34N6O2. The van der Waals surface area contributed by atoms with Crippen LogP contribution in [0.5, 0.6) is 5.88 Å². The summed E-state index contributed by atoms with van der Waals surface area (Å²) in [7, 11) is 1.65. The number of nitrogens with two attached hydrogens (primary N) is 1. The van der Waals surface area contributed by atoms with E-state index >= 15 is 0 Å². The second kappa shape index (κ2) is 8.05. The van der Waals surface area contributed by atoms with Crippen molar-refractivity contribution in [3.05, 3.63) is 47.3 Å². The zero-order valence-electron chi connectivity index (χ0n) is 21.8. The van der Waals surface area contributed by atoms with Crippen molar-refractivity contribution in [2.24, 2.45) is 11.7 Å². The molecule has 0 spiro atoms. The lowest BCUT2D eigenvalue weighted by Gasteiger charge is -2.30. The van der Waals surface area contributed by atoms with Gasteiger partial charge < -0.3 is 19.9 Å². The summed E-state index contributed by atoms with van der Waals surface area (Å²) in [6, 6.07) is 10.5. The van der Waals surface area contributed by atoms with Crippen LogP contribution in [-0.2, 0) is 13.0 Å². The molecule has 2 bridgehead atoms. The number of aromatic nitrogens is 4. The first-order chi connectivity index (χ1) is 17.9. The lowest BCUT2D eigenvalue weighted by Crippen LogP contribution is -2.46. The molecule has 5 heterocycles. The summed E-state index contributed by atoms with van der Waals surface area (Å²) < 4.78 is 10.2. The minimum absolute atomic E-state index is 0.0131. The Bertz CT molecular complexity index is 1560. The molecule has 7 rings (SSSR count). The van der Waals surface area contributed by atoms with Gasteiger partial charge in [0.2, 0.25) is 0 Å². The molecule has 4 aromatic rings. The number of amides is 1. The molecule has 8 heteroatoms. The van der Waals surface area contributed by atoms with Crippen molar-refractivity contribution in [1.82, 2.24) is 23.8 Å². The van der Waals surface area contributed by atoms with Crippen molar-refractivity contribution >= 4 is 22.6 Å². The molecule has 0 radical (unpaired) electrons. The van der Waals surface area contributed by atoms with Gasteiger partial charge in [0.15, 0.2) is 5.88 Å². The molecular weight excluding hydrogens is 464 g/mol. The Morgan fingerprint density at radius 3 is 2.70 bits per heavy atom. The number of hydrogen-bond acceptors (Lipinski definition) is 5. The van der Waals surface area contributed by atoms with Crippen LogP contribution in [0.4, 0.5) is 0 Å². The van der Waals surface area contributed by atoms with Crippen LogP contribution in [0.15, 0.2) is 30.3 Å². The van der Waals surface area contributed by atoms with Crippen LogP contribution in [0.25, 0.3) is 28.1 Å². The Labute approximate surface area is 216 Å². The van der Waals surface area contributed by atoms with Gasteiger partial charge in [-0.25, -0.2) is 9.97 Å². The number of carbonyl (C=O) groups is 1. The van der Waals surface area contributed by atoms with Crippen LogP contribution in [0.3, 0.4) is 0 Å². The molecule has 2 N–H and O–H groups in total. The van der Waals surface area contributed by atoms with Gasteiger partial charge in [0.25, 0.3) is 5.91 Å². The lowest BCUT2D eigenvalue weighted by atomic mass is 10.0. The highest BCUT2D eigenvalue weighted by Gasteiger charge is 2.48. The van der Waals surface area contributed by atoms with E-state index in [-0.39, 0.29) is 17.5 Å². The normalized spacial score (nSPS) is 23.0. The second-order valence-electron chi connectivity index (χ2n) is 11.4. The average molecular weight is 499 g/mol. The van der Waals surface area contributed by atoms with Crippen molar-refractivity contribution in [3.8, 4) is 17.3 Å². The van der Waals surface area contributed by atoms with Crippen LogP contribution in [-0.4, -0.2) is 55.0 Å². The molecule has 1 amide bonds. The molecule has 1 unspecified atom stereocenters. The molecule has 8 nitrogen and oxygen atoms in total. The number of fused-ring (bicyclic) bond motifs is 4. The van der Waals surface area contributed by atoms with Crippen LogP contribution >= 0.6 is 0 Å². The number of rotatable bonds is 6. The molecule has 0 aromatic carbocycles. The van der Waals surface area contributed by atoms with E-state index in [1.54, 1.807) is 7.11 Å². The SMILES string of the molecule is CCc1ccc2cc(-c3nc4cc(C(=O)N5CC6(N)CC[C@H]5C6)cc(OC)n4c3C)n(CC3CC3)c2n1. The van der Waals surface area contributed by atoms with Gasteiger partial charge in [0.1, 0.15) is 17.0 Å². The number of methoxy groups -OCH3 is 1. The van der Waals surface area contributed by atoms with E-state index in [9.17, 15) is 4.79 Å². The fraction of sp³-hybridized carbons (Fsp3) is 0.483. The van der Waals surface area contributed by atoms with Crippen LogP contribution in [0.2, 0.25) is 0 Å². The molecule has 2 atom stereocenters. The van der Waals surface area contributed by atoms with Gasteiger partial charge in [-0.1, -0.05) is 6.92 Å². The van der Waals surface area contributed by atoms with Gasteiger partial charge in [-0.2, -0.15) is 0 Å². The first-order valence-corrected chi connectivity index (χ1v) is 13.5. The van der Waals surface area contributed by atoms with E-state index in [4.69, 9.17) is 20.4 Å². The first kappa shape index (κ1) is 22.8. The molecule has 2 saturated carbocycles. The number of piperidine rings is 1. The lowest BCUT2D eigenvalue weighted by molar-refractivity contribution is 0.0695. The number of aryl methyl sites for hydroxylation is 2. The monoisotopic (exact) mass is 498 g/mol. The van der Waals surface area contributed by atoms with Gasteiger partial charge in [-0.15, -0.1) is 0 Å². The minimum Gasteiger partial charge on any atom is -0.482 e. The smallest absolute Gasteiger partial charge is 0.254 e. The Kier molecular flexibility index (Phi) is 4.96. The quantitative estimate of drug-likeness (QED) is 0.427. The molecule has 192 valence electrons. The number of likely N-dealkylation sites (tertiary alicyclic amines) is 1. The molecule has 1 aliphatic heterocycles. The highest BCUT2D eigenvalue weighted by atomic mass is 16.5. The number of imidazole rings is 1. The van der Waals surface area contributed by atoms with Crippen LogP contribution in [0.1, 0.15) is 60.8 Å². The Morgan fingerprint density at radius 1 is 1.19 bits per heavy atom. The topological polar surface area (TPSA) is 90.7 Å². The Hall–Kier alpha value is -3.39. The number of hydrogen-bond donors (Lipinski definition) is 1. The molecule has 3 aliphatic rings. The molecule has 37 heavy (non-hydrogen) atoms. The number of nitrogens with zero attached hydrogens (tertiary/aromatic N) is 5. The van der Waals surface area contributed by atoms with Gasteiger partial charge in [0, 0.05) is 47.4 Å². The van der Waals surface area contributed by atoms with Crippen LogP contribution < -0.4 is 10.5 Å². The summed E-state index contributed by atoms with van der Waals surface area (Å²) >= 11 is 0. The Morgan fingerprint density at radius 2 is 2.03 bits per heavy atom. The van der Waals surface area contributed by atoms with Crippen molar-refractivity contribution < 1.29 is 9.53 Å². The largest absolute Gasteiger partial charge is 0.482 e. The zero-order chi connectivity index (χ0) is 25.5. The third kappa shape index (κ3) is 3.56. The van der Waals surface area contributed by atoms with E-state index in [1.165, 1.54) is 12.8 Å². The fourth-order valence-corrected chi connectivity index (χ4v) is 6.50. The van der Waals surface area contributed by atoms with Gasteiger partial charge >= 0.3 is 0 Å². The molecule has 2 aliphatic carbocycles. The molecule has 3 fully saturated rings. The van der Waals surface area contributed by atoms with Crippen molar-refractivity contribution in [3.63, 3.8) is 0 Å². The van der Waals surface area contributed by atoms with Crippen molar-refractivity contribution in [2.75, 3.05) is 13.7 Å². The van der Waals surface area contributed by atoms with E-state index in [1.807, 2.05) is 21.4 Å². The summed E-state index contributed by atoms with van der Waals surface area (Å²) in [6.07, 6.45) is 6.30. The van der Waals surface area contributed by atoms with Gasteiger partial charge in [0.05, 0.1) is 18.5 Å². The Balaban J connectivity index is 1.35. The van der Waals surface area contributed by atoms with E-state index in [2.05, 4.69) is 36.6 Å². The van der Waals surface area contributed by atoms with E-state index in [0.717, 1.165) is 66.0 Å². The summed E-state index contributed by atoms with van der Waals surface area (Å²) in [4.78, 5) is 25.6. The second-order valence-corrected chi connectivity index (χ2v) is 11.4. The standard InChI is InChI=1S/C29H34N6O2/c1-4-21-8-7-19-11-23(33(27(19)31-21)15-18-5-6-18)26-17(2)35-24(32-26)12-20(13-25(35)37-3)28(36)34-16-29(30)10-9-22(34)14-29/h7-8,11-13,18,22H,4-6,9-10,14-16,30H2,1-3H3/t22-,29?/m0/s1. The fourth-order valence-electron chi connectivity index (χ4n) is 6.50. The van der Waals surface area contributed by atoms with Gasteiger partial charge in [-0.05, 0) is 75.6 Å². The summed E-state index contributed by atoms with van der Waals surface area (Å²) in [6.45, 7) is 5.78. The first-order valence-electron chi connectivity index (χ1n) is 13.5. The van der Waals surface area contributed by atoms with E-state index in [0.29, 0.717) is 29.6 Å². The highest BCUT2D eigenvalue weighted by molar-refractivity contribution is 5.96. The predicted octanol–water partition coefficient (Wildman–Crippen LogP) is 4.35. The number of ether oxygens (including phenoxy) is 1. The maximum atomic E-state index is 13.6. The third-order valence-electron chi connectivity index (χ3n) is 8.72. The number of pyridine rings is 2.